The molecule has 0 amide bonds. The molecule has 1 aliphatic heterocycles. The highest BCUT2D eigenvalue weighted by Crippen LogP contribution is 2.36. The van der Waals surface area contributed by atoms with E-state index in [4.69, 9.17) is 12.6 Å². The lowest BCUT2D eigenvalue weighted by Gasteiger charge is -2.08. The topological polar surface area (TPSA) is 29.5 Å². The van der Waals surface area contributed by atoms with Gasteiger partial charge in [0, 0.05) is 5.82 Å². The molecule has 2 rings (SSSR count). The average molecular weight is 188 g/mol. The van der Waals surface area contributed by atoms with Gasteiger partial charge in [0.15, 0.2) is 6.29 Å². The van der Waals surface area contributed by atoms with E-state index in [2.05, 4.69) is 13.8 Å². The van der Waals surface area contributed by atoms with Crippen LogP contribution in [-0.4, -0.2) is 19.2 Å². The zero-order valence-corrected chi connectivity index (χ0v) is 8.40. The number of ether oxygens (including phenoxy) is 1. The van der Waals surface area contributed by atoms with Crippen molar-refractivity contribution in [2.45, 2.75) is 31.9 Å². The van der Waals surface area contributed by atoms with E-state index in [0.29, 0.717) is 11.7 Å². The van der Waals surface area contributed by atoms with Crippen LogP contribution in [0.4, 0.5) is 0 Å². The summed E-state index contributed by atoms with van der Waals surface area (Å²) in [5, 5.41) is 9.40. The van der Waals surface area contributed by atoms with Crippen molar-refractivity contribution < 1.29 is 9.84 Å². The molecule has 0 aromatic heterocycles. The Morgan fingerprint density at radius 1 is 1.43 bits per heavy atom. The monoisotopic (exact) mass is 188 g/mol. The van der Waals surface area contributed by atoms with Crippen LogP contribution in [0.1, 0.15) is 36.7 Å². The molecule has 14 heavy (non-hydrogen) atoms. The van der Waals surface area contributed by atoms with Gasteiger partial charge >= 0.3 is 0 Å². The molecule has 1 N–H and O–H groups in total. The lowest BCUT2D eigenvalue weighted by molar-refractivity contribution is -0.00169. The number of hydrogen-bond donors (Lipinski definition) is 1. The van der Waals surface area contributed by atoms with Crippen LogP contribution in [0.15, 0.2) is 18.2 Å². The highest BCUT2D eigenvalue weighted by molar-refractivity contribution is 6.13. The van der Waals surface area contributed by atoms with Crippen LogP contribution in [0, 0.1) is 0 Å². The maximum Gasteiger partial charge on any atom is 0.196 e. The van der Waals surface area contributed by atoms with Gasteiger partial charge in [0.1, 0.15) is 5.75 Å². The SMILES string of the molecule is [B]C1c2cc(C(C)C)ccc2OC1O. The molecule has 1 aromatic carbocycles. The normalized spacial score (nSPS) is 24.9. The Morgan fingerprint density at radius 3 is 2.79 bits per heavy atom. The van der Waals surface area contributed by atoms with Crippen molar-refractivity contribution in [3.8, 4) is 5.75 Å². The second-order valence-corrected chi connectivity index (χ2v) is 3.99. The first kappa shape index (κ1) is 9.59. The van der Waals surface area contributed by atoms with Gasteiger partial charge in [-0.2, -0.15) is 0 Å². The molecule has 72 valence electrons. The summed E-state index contributed by atoms with van der Waals surface area (Å²) in [4.78, 5) is 0. The first-order valence-corrected chi connectivity index (χ1v) is 4.83. The van der Waals surface area contributed by atoms with Crippen LogP contribution < -0.4 is 4.74 Å². The molecule has 2 atom stereocenters. The van der Waals surface area contributed by atoms with E-state index in [1.54, 1.807) is 0 Å². The summed E-state index contributed by atoms with van der Waals surface area (Å²) in [6.07, 6.45) is -0.896. The lowest BCUT2D eigenvalue weighted by atomic mass is 9.80. The maximum absolute atomic E-state index is 9.40. The van der Waals surface area contributed by atoms with Gasteiger partial charge in [-0.1, -0.05) is 26.0 Å². The lowest BCUT2D eigenvalue weighted by Crippen LogP contribution is -2.17. The maximum atomic E-state index is 9.40. The number of benzene rings is 1. The van der Waals surface area contributed by atoms with E-state index in [9.17, 15) is 5.11 Å². The quantitative estimate of drug-likeness (QED) is 0.680. The molecule has 0 aliphatic carbocycles. The van der Waals surface area contributed by atoms with E-state index in [1.165, 1.54) is 5.56 Å². The van der Waals surface area contributed by atoms with Crippen LogP contribution in [0.25, 0.3) is 0 Å². The minimum Gasteiger partial charge on any atom is -0.465 e. The number of aliphatic hydroxyl groups is 1. The smallest absolute Gasteiger partial charge is 0.196 e. The minimum absolute atomic E-state index is 0.413. The highest BCUT2D eigenvalue weighted by Gasteiger charge is 2.28. The van der Waals surface area contributed by atoms with Gasteiger partial charge in [-0.15, -0.1) is 0 Å². The molecule has 0 fully saturated rings. The van der Waals surface area contributed by atoms with Gasteiger partial charge in [0.2, 0.25) is 0 Å². The van der Waals surface area contributed by atoms with Gasteiger partial charge in [0.25, 0.3) is 0 Å². The van der Waals surface area contributed by atoms with Crippen LogP contribution in [0.3, 0.4) is 0 Å². The van der Waals surface area contributed by atoms with Gasteiger partial charge in [0.05, 0.1) is 7.85 Å². The summed E-state index contributed by atoms with van der Waals surface area (Å²) < 4.78 is 5.18. The summed E-state index contributed by atoms with van der Waals surface area (Å²) >= 11 is 0. The first-order chi connectivity index (χ1) is 6.59. The van der Waals surface area contributed by atoms with Crippen molar-refractivity contribution in [2.24, 2.45) is 0 Å². The molecule has 0 spiro atoms. The Morgan fingerprint density at radius 2 is 2.14 bits per heavy atom. The van der Waals surface area contributed by atoms with Crippen LogP contribution in [0.5, 0.6) is 5.75 Å². The molecule has 0 bridgehead atoms. The summed E-state index contributed by atoms with van der Waals surface area (Å²) in [6.45, 7) is 4.25. The number of hydrogen-bond acceptors (Lipinski definition) is 2. The fourth-order valence-electron chi connectivity index (χ4n) is 1.65. The van der Waals surface area contributed by atoms with Crippen molar-refractivity contribution in [1.29, 1.82) is 0 Å². The van der Waals surface area contributed by atoms with Crippen LogP contribution in [0.2, 0.25) is 0 Å². The van der Waals surface area contributed by atoms with E-state index >= 15 is 0 Å². The van der Waals surface area contributed by atoms with E-state index in [1.807, 2.05) is 18.2 Å². The van der Waals surface area contributed by atoms with Crippen molar-refractivity contribution in [2.75, 3.05) is 0 Å². The molecule has 0 saturated carbocycles. The Kier molecular flexibility index (Phi) is 2.27. The number of fused-ring (bicyclic) bond motifs is 1. The molecule has 2 unspecified atom stereocenters. The molecule has 0 saturated heterocycles. The predicted octanol–water partition coefficient (Wildman–Crippen LogP) is 1.73. The van der Waals surface area contributed by atoms with E-state index in [-0.39, 0.29) is 0 Å². The summed E-state index contributed by atoms with van der Waals surface area (Å²) in [5.41, 5.74) is 2.13. The summed E-state index contributed by atoms with van der Waals surface area (Å²) in [5.74, 6) is 0.753. The largest absolute Gasteiger partial charge is 0.465 e. The molecule has 1 heterocycles. The molecular formula is C11H13BO2. The first-order valence-electron chi connectivity index (χ1n) is 4.83. The molecule has 2 radical (unpaired) electrons. The average Bonchev–Trinajstić information content (AvgIpc) is 2.43. The Hall–Kier alpha value is -0.955. The third kappa shape index (κ3) is 1.42. The Balaban J connectivity index is 2.41. The number of aliphatic hydroxyl groups excluding tert-OH is 1. The van der Waals surface area contributed by atoms with Crippen LogP contribution in [-0.2, 0) is 0 Å². The van der Waals surface area contributed by atoms with E-state index in [0.717, 1.165) is 5.56 Å². The zero-order valence-electron chi connectivity index (χ0n) is 8.40. The summed E-state index contributed by atoms with van der Waals surface area (Å²) in [6, 6.07) is 5.90. The molecular weight excluding hydrogens is 175 g/mol. The van der Waals surface area contributed by atoms with Crippen LogP contribution >= 0.6 is 0 Å². The van der Waals surface area contributed by atoms with Gasteiger partial charge < -0.3 is 9.84 Å². The van der Waals surface area contributed by atoms with Crippen molar-refractivity contribution in [3.05, 3.63) is 29.3 Å². The molecule has 3 heteroatoms. The fraction of sp³-hybridized carbons (Fsp3) is 0.455. The number of rotatable bonds is 1. The Bertz CT molecular complexity index is 349. The molecule has 1 aromatic rings. The van der Waals surface area contributed by atoms with Crippen molar-refractivity contribution in [3.63, 3.8) is 0 Å². The third-order valence-corrected chi connectivity index (χ3v) is 2.61. The van der Waals surface area contributed by atoms with Gasteiger partial charge in [-0.3, -0.25) is 0 Å². The van der Waals surface area contributed by atoms with Gasteiger partial charge in [-0.25, -0.2) is 0 Å². The van der Waals surface area contributed by atoms with Crippen molar-refractivity contribution in [1.82, 2.24) is 0 Å². The molecule has 1 aliphatic rings. The zero-order chi connectivity index (χ0) is 10.3. The Labute approximate surface area is 85.3 Å². The second-order valence-electron chi connectivity index (χ2n) is 3.99. The summed E-state index contributed by atoms with van der Waals surface area (Å²) in [7, 11) is 5.78. The second kappa shape index (κ2) is 3.32. The van der Waals surface area contributed by atoms with Crippen molar-refractivity contribution >= 4 is 7.85 Å². The minimum atomic E-state index is -0.896. The van der Waals surface area contributed by atoms with Gasteiger partial charge in [-0.05, 0) is 23.1 Å². The fourth-order valence-corrected chi connectivity index (χ4v) is 1.65. The molecule has 2 nitrogen and oxygen atoms in total. The standard InChI is InChI=1S/C11H13BO2/c1-6(2)7-3-4-9-8(5-7)10(12)11(13)14-9/h3-6,10-11,13H,1-2H3. The predicted molar refractivity (Wildman–Crippen MR) is 55.7 cm³/mol. The van der Waals surface area contributed by atoms with E-state index < -0.39 is 12.1 Å². The highest BCUT2D eigenvalue weighted by atomic mass is 16.6. The third-order valence-electron chi connectivity index (χ3n) is 2.61.